The summed E-state index contributed by atoms with van der Waals surface area (Å²) in [6.07, 6.45) is 15.3. The molecule has 0 radical (unpaired) electrons. The molecule has 0 saturated carbocycles. The van der Waals surface area contributed by atoms with E-state index in [4.69, 9.17) is 0 Å². The highest BCUT2D eigenvalue weighted by Gasteiger charge is 2.15. The average Bonchev–Trinajstić information content (AvgIpc) is 3.55. The zero-order valence-electron chi connectivity index (χ0n) is 43.6. The molecule has 0 spiro atoms. The lowest BCUT2D eigenvalue weighted by Gasteiger charge is -2.25. The van der Waals surface area contributed by atoms with Gasteiger partial charge in [-0.2, -0.15) is 0 Å². The maximum absolute atomic E-state index is 2.32. The van der Waals surface area contributed by atoms with Crippen LogP contribution in [0.3, 0.4) is 0 Å². The summed E-state index contributed by atoms with van der Waals surface area (Å²) in [5, 5.41) is 0. The van der Waals surface area contributed by atoms with E-state index >= 15 is 0 Å². The first-order valence-electron chi connectivity index (χ1n) is 26.8. The molecule has 78 heavy (non-hydrogen) atoms. The normalized spacial score (nSPS) is 11.1. The molecule has 0 aromatic heterocycles. The predicted octanol–water partition coefficient (Wildman–Crippen LogP) is 20.3. The summed E-state index contributed by atoms with van der Waals surface area (Å²) in [6.45, 7) is 0. The molecule has 0 fully saturated rings. The second kappa shape index (κ2) is 25.0. The molecule has 0 amide bonds. The Hall–Kier alpha value is -10.0. The Bertz CT molecular complexity index is 3420. The van der Waals surface area contributed by atoms with Crippen molar-refractivity contribution < 1.29 is 0 Å². The van der Waals surface area contributed by atoms with Gasteiger partial charge in [0.25, 0.3) is 0 Å². The van der Waals surface area contributed by atoms with Crippen LogP contribution in [-0.2, 0) is 12.8 Å². The second-order valence-electron chi connectivity index (χ2n) is 19.3. The third-order valence-corrected chi connectivity index (χ3v) is 14.0. The third-order valence-electron chi connectivity index (χ3n) is 14.0. The Morgan fingerprint density at radius 2 is 0.462 bits per heavy atom. The van der Waals surface area contributed by atoms with Crippen molar-refractivity contribution in [2.45, 2.75) is 12.8 Å². The summed E-state index contributed by atoms with van der Waals surface area (Å²) in [5.74, 6) is 0. The van der Waals surface area contributed by atoms with Gasteiger partial charge in [-0.15, -0.1) is 0 Å². The number of hydrogen-bond donors (Lipinski definition) is 0. The summed E-state index contributed by atoms with van der Waals surface area (Å²) in [7, 11) is 0. The fourth-order valence-electron chi connectivity index (χ4n) is 10.0. The van der Waals surface area contributed by atoms with Gasteiger partial charge in [0.1, 0.15) is 0 Å². The standard InChI is InChI=1S/C76H60N2/c1-7-27-65(28-8-1)75(66-29-9-2-10-30-66)57-61-45-53-73(54-46-61)77(69-37-15-5-16-38-69)71-49-41-59(42-50-71)23-21-35-63-25-19-20-26-64(63)36-22-24-60-43-51-72(52-44-60)78(70-39-17-6-18-40-70)74-55-47-62(48-56-74)58-76(67-31-11-3-12-32-67)68-33-13-4-14-34-68/h1-34,37-58H,35-36H2/b23-21+,24-22+. The predicted molar refractivity (Wildman–Crippen MR) is 334 cm³/mol. The van der Waals surface area contributed by atoms with E-state index in [9.17, 15) is 0 Å². The zero-order chi connectivity index (χ0) is 52.6. The van der Waals surface area contributed by atoms with Gasteiger partial charge in [-0.05, 0) is 165 Å². The number of allylic oxidation sites excluding steroid dienone is 2. The molecule has 0 saturated heterocycles. The van der Waals surface area contributed by atoms with Gasteiger partial charge in [-0.25, -0.2) is 0 Å². The van der Waals surface area contributed by atoms with Crippen molar-refractivity contribution >= 4 is 69.6 Å². The van der Waals surface area contributed by atoms with Gasteiger partial charge >= 0.3 is 0 Å². The number of benzene rings is 11. The second-order valence-corrected chi connectivity index (χ2v) is 19.3. The maximum atomic E-state index is 2.32. The van der Waals surface area contributed by atoms with Gasteiger partial charge in [0.15, 0.2) is 0 Å². The molecule has 2 heteroatoms. The molecule has 0 aliphatic heterocycles. The van der Waals surface area contributed by atoms with Crippen LogP contribution >= 0.6 is 0 Å². The van der Waals surface area contributed by atoms with Crippen LogP contribution in [0.25, 0.3) is 35.5 Å². The minimum Gasteiger partial charge on any atom is -0.311 e. The van der Waals surface area contributed by atoms with Gasteiger partial charge in [-0.1, -0.05) is 255 Å². The molecule has 0 heterocycles. The fourth-order valence-corrected chi connectivity index (χ4v) is 10.0. The summed E-state index contributed by atoms with van der Waals surface area (Å²) >= 11 is 0. The van der Waals surface area contributed by atoms with Gasteiger partial charge in [0.05, 0.1) is 0 Å². The number of anilines is 6. The Balaban J connectivity index is 0.753. The quantitative estimate of drug-likeness (QED) is 0.0791. The van der Waals surface area contributed by atoms with Crippen molar-refractivity contribution in [3.8, 4) is 0 Å². The van der Waals surface area contributed by atoms with Crippen LogP contribution < -0.4 is 9.80 Å². The van der Waals surface area contributed by atoms with Crippen LogP contribution in [0.4, 0.5) is 34.1 Å². The highest BCUT2D eigenvalue weighted by Crippen LogP contribution is 2.38. The Morgan fingerprint density at radius 3 is 0.744 bits per heavy atom. The van der Waals surface area contributed by atoms with Crippen LogP contribution in [-0.4, -0.2) is 0 Å². The van der Waals surface area contributed by atoms with E-state index in [2.05, 4.69) is 350 Å². The molecule has 0 aliphatic carbocycles. The SMILES string of the molecule is C(=C(c1ccccc1)c1ccccc1)c1ccc(N(c2ccccc2)c2ccc(/C=C/Cc3ccccc3C/C=C/c3ccc(N(c4ccccc4)c4ccc(C=C(c5ccccc5)c5ccccc5)cc4)cc3)cc2)cc1. The Morgan fingerprint density at radius 1 is 0.231 bits per heavy atom. The topological polar surface area (TPSA) is 6.48 Å². The molecule has 0 unspecified atom stereocenters. The number of para-hydroxylation sites is 2. The van der Waals surface area contributed by atoms with Crippen molar-refractivity contribution in [3.63, 3.8) is 0 Å². The number of hydrogen-bond acceptors (Lipinski definition) is 2. The molecule has 11 aromatic rings. The molecule has 11 rings (SSSR count). The lowest BCUT2D eigenvalue weighted by molar-refractivity contribution is 1.16. The number of nitrogens with zero attached hydrogens (tertiary/aromatic N) is 2. The van der Waals surface area contributed by atoms with E-state index in [1.807, 2.05) is 0 Å². The van der Waals surface area contributed by atoms with Crippen LogP contribution in [0.1, 0.15) is 55.6 Å². The van der Waals surface area contributed by atoms with Crippen molar-refractivity contribution in [2.75, 3.05) is 9.80 Å². The first kappa shape index (κ1) is 50.2. The summed E-state index contributed by atoms with van der Waals surface area (Å²) in [6, 6.07) is 108. The van der Waals surface area contributed by atoms with E-state index in [1.165, 1.54) is 55.7 Å². The van der Waals surface area contributed by atoms with Crippen molar-refractivity contribution in [1.29, 1.82) is 0 Å². The summed E-state index contributed by atoms with van der Waals surface area (Å²) in [4.78, 5) is 4.64. The number of rotatable bonds is 18. The Labute approximate surface area is 460 Å². The Kier molecular flexibility index (Phi) is 16.1. The van der Waals surface area contributed by atoms with Crippen LogP contribution in [0.15, 0.2) is 315 Å². The van der Waals surface area contributed by atoms with E-state index in [1.54, 1.807) is 0 Å². The minimum absolute atomic E-state index is 0.849. The van der Waals surface area contributed by atoms with E-state index in [-0.39, 0.29) is 0 Å². The first-order chi connectivity index (χ1) is 38.7. The van der Waals surface area contributed by atoms with E-state index in [0.717, 1.165) is 58.1 Å². The summed E-state index contributed by atoms with van der Waals surface area (Å²) < 4.78 is 0. The smallest absolute Gasteiger partial charge is 0.0462 e. The molecule has 2 nitrogen and oxygen atoms in total. The lowest BCUT2D eigenvalue weighted by Crippen LogP contribution is -2.09. The first-order valence-corrected chi connectivity index (χ1v) is 26.8. The van der Waals surface area contributed by atoms with Gasteiger partial charge < -0.3 is 9.80 Å². The zero-order valence-corrected chi connectivity index (χ0v) is 43.6. The molecule has 374 valence electrons. The highest BCUT2D eigenvalue weighted by atomic mass is 15.1. The van der Waals surface area contributed by atoms with Crippen LogP contribution in [0, 0.1) is 0 Å². The van der Waals surface area contributed by atoms with Crippen molar-refractivity contribution in [2.24, 2.45) is 0 Å². The third kappa shape index (κ3) is 12.6. The van der Waals surface area contributed by atoms with E-state index in [0.29, 0.717) is 0 Å². The van der Waals surface area contributed by atoms with Crippen LogP contribution in [0.5, 0.6) is 0 Å². The molecular formula is C76H60N2. The summed E-state index contributed by atoms with van der Waals surface area (Å²) in [5.41, 5.74) is 21.1. The molecule has 0 atom stereocenters. The molecule has 0 N–H and O–H groups in total. The fraction of sp³-hybridized carbons (Fsp3) is 0.0263. The molecule has 0 aliphatic rings. The van der Waals surface area contributed by atoms with Crippen molar-refractivity contribution in [3.05, 3.63) is 371 Å². The van der Waals surface area contributed by atoms with Crippen molar-refractivity contribution in [1.82, 2.24) is 0 Å². The monoisotopic (exact) mass is 1000 g/mol. The van der Waals surface area contributed by atoms with Gasteiger partial charge in [-0.3, -0.25) is 0 Å². The average molecular weight is 1000 g/mol. The molecule has 11 aromatic carbocycles. The van der Waals surface area contributed by atoms with Crippen LogP contribution in [0.2, 0.25) is 0 Å². The van der Waals surface area contributed by atoms with Gasteiger partial charge in [0.2, 0.25) is 0 Å². The van der Waals surface area contributed by atoms with E-state index < -0.39 is 0 Å². The molecular weight excluding hydrogens is 941 g/mol. The minimum atomic E-state index is 0.849. The lowest BCUT2D eigenvalue weighted by atomic mass is 9.95. The largest absolute Gasteiger partial charge is 0.311 e. The highest BCUT2D eigenvalue weighted by molar-refractivity contribution is 5.93. The molecule has 0 bridgehead atoms. The maximum Gasteiger partial charge on any atom is 0.0462 e. The van der Waals surface area contributed by atoms with Gasteiger partial charge in [0, 0.05) is 34.1 Å².